The van der Waals surface area contributed by atoms with Crippen LogP contribution in [0.3, 0.4) is 0 Å². The molecule has 0 amide bonds. The molecule has 0 spiro atoms. The minimum atomic E-state index is 0. The second kappa shape index (κ2) is 28.0. The first-order valence-electron chi connectivity index (χ1n) is 0.200. The average molecular weight is 226 g/mol. The quantitative estimate of drug-likeness (QED) is 0.367. The van der Waals surface area contributed by atoms with Crippen molar-refractivity contribution in [3.05, 3.63) is 0 Å². The van der Waals surface area contributed by atoms with Crippen LogP contribution in [0.5, 0.6) is 0 Å². The third-order valence-electron chi connectivity index (χ3n) is 0. The van der Waals surface area contributed by atoms with Gasteiger partial charge in [0.15, 0.2) is 0 Å². The molecule has 2 N–H and O–H groups in total. The van der Waals surface area contributed by atoms with E-state index in [2.05, 4.69) is 28.4 Å². The molecule has 1 nitrogen and oxygen atoms in total. The summed E-state index contributed by atoms with van der Waals surface area (Å²) < 4.78 is 0. The Morgan fingerprint density at radius 1 is 1.00 bits per heavy atom. The van der Waals surface area contributed by atoms with Crippen molar-refractivity contribution >= 4 is 28.4 Å². The van der Waals surface area contributed by atoms with Gasteiger partial charge in [-0.25, -0.2) is 0 Å². The Bertz CT molecular complexity index is 13.7. The first-order valence-corrected chi connectivity index (χ1v) is 5.40. The molecule has 0 aromatic heterocycles. The molecule has 0 aliphatic rings. The van der Waals surface area contributed by atoms with Crippen LogP contribution in [-0.2, 0) is 0 Å². The standard InChI is InChI=1S/2Na.H2O.H2Se2.2H/c;;;1-2;;/h;;1H2;1-2H;;/q2*+1;;;2*-1. The van der Waals surface area contributed by atoms with Crippen molar-refractivity contribution in [2.45, 2.75) is 0 Å². The van der Waals surface area contributed by atoms with Gasteiger partial charge in [0, 0.05) is 0 Å². The van der Waals surface area contributed by atoms with E-state index in [9.17, 15) is 0 Å². The number of hydrogen-bond donors (Lipinski definition) is 0. The second-order valence-corrected chi connectivity index (χ2v) is 0. The van der Waals surface area contributed by atoms with Crippen molar-refractivity contribution in [2.75, 3.05) is 0 Å². The molecule has 0 bridgehead atoms. The molecule has 0 aliphatic heterocycles. The van der Waals surface area contributed by atoms with Gasteiger partial charge in [0.1, 0.15) is 0 Å². The van der Waals surface area contributed by atoms with Crippen molar-refractivity contribution in [1.29, 1.82) is 0 Å². The molecule has 0 atom stereocenters. The van der Waals surface area contributed by atoms with Crippen LogP contribution in [0.1, 0.15) is 2.85 Å². The summed E-state index contributed by atoms with van der Waals surface area (Å²) in [5.74, 6) is 0. The van der Waals surface area contributed by atoms with E-state index >= 15 is 0 Å². The predicted octanol–water partition coefficient (Wildman–Crippen LogP) is -7.89. The summed E-state index contributed by atoms with van der Waals surface area (Å²) in [6.07, 6.45) is 0. The van der Waals surface area contributed by atoms with Gasteiger partial charge in [-0.1, -0.05) is 0 Å². The van der Waals surface area contributed by atoms with E-state index < -0.39 is 0 Å². The zero-order valence-electron chi connectivity index (χ0n) is 5.39. The van der Waals surface area contributed by atoms with Crippen LogP contribution in [0.25, 0.3) is 0 Å². The number of hydrogen-bond acceptors (Lipinski definition) is 0. The summed E-state index contributed by atoms with van der Waals surface area (Å²) >= 11 is 4.50. The van der Waals surface area contributed by atoms with E-state index in [1.54, 1.807) is 0 Å². The van der Waals surface area contributed by atoms with Crippen LogP contribution in [0.4, 0.5) is 0 Å². The van der Waals surface area contributed by atoms with Crippen LogP contribution in [0, 0.1) is 0 Å². The van der Waals surface area contributed by atoms with Gasteiger partial charge in [0.25, 0.3) is 0 Å². The Morgan fingerprint density at radius 3 is 1.00 bits per heavy atom. The average Bonchev–Trinajstić information content (AvgIpc) is 1.00. The van der Waals surface area contributed by atoms with Crippen molar-refractivity contribution in [3.63, 3.8) is 0 Å². The zero-order valence-corrected chi connectivity index (χ0v) is 11.1. The van der Waals surface area contributed by atoms with E-state index in [1.165, 1.54) is 0 Å². The fourth-order valence-corrected chi connectivity index (χ4v) is 0. The van der Waals surface area contributed by atoms with Crippen LogP contribution in [-0.4, -0.2) is 33.9 Å². The van der Waals surface area contributed by atoms with Crippen LogP contribution in [0.15, 0.2) is 0 Å². The molecule has 0 radical (unpaired) electrons. The molecule has 26 valence electrons. The summed E-state index contributed by atoms with van der Waals surface area (Å²) in [4.78, 5) is 0. The summed E-state index contributed by atoms with van der Waals surface area (Å²) in [5, 5.41) is 0. The SMILES string of the molecule is O.[H-].[H-].[Na+].[Na+].[SeH][SeH]. The Morgan fingerprint density at radius 2 is 1.00 bits per heavy atom. The van der Waals surface area contributed by atoms with Gasteiger partial charge in [0.05, 0.1) is 0 Å². The fourth-order valence-electron chi connectivity index (χ4n) is 0. The third kappa shape index (κ3) is 19.4. The summed E-state index contributed by atoms with van der Waals surface area (Å²) in [6, 6.07) is 0. The van der Waals surface area contributed by atoms with Gasteiger partial charge in [-0.15, -0.1) is 0 Å². The zero-order chi connectivity index (χ0) is 2.00. The molecule has 0 heterocycles. The van der Waals surface area contributed by atoms with Crippen LogP contribution >= 0.6 is 0 Å². The maximum absolute atomic E-state index is 2.25. The van der Waals surface area contributed by atoms with Crippen molar-refractivity contribution in [1.82, 2.24) is 0 Å². The number of rotatable bonds is 0. The molecule has 0 fully saturated rings. The third-order valence-corrected chi connectivity index (χ3v) is 0. The van der Waals surface area contributed by atoms with Gasteiger partial charge < -0.3 is 8.33 Å². The van der Waals surface area contributed by atoms with E-state index in [0.29, 0.717) is 0 Å². The fraction of sp³-hybridized carbons (Fsp3) is 0. The van der Waals surface area contributed by atoms with E-state index in [1.807, 2.05) is 0 Å². The van der Waals surface area contributed by atoms with Gasteiger partial charge >= 0.3 is 87.5 Å². The molecular weight excluding hydrogens is 220 g/mol. The van der Waals surface area contributed by atoms with Crippen molar-refractivity contribution in [3.8, 4) is 0 Å². The molecule has 0 aromatic rings. The Labute approximate surface area is 94.1 Å². The van der Waals surface area contributed by atoms with Gasteiger partial charge in [-0.05, 0) is 0 Å². The summed E-state index contributed by atoms with van der Waals surface area (Å²) in [5.41, 5.74) is 0. The summed E-state index contributed by atoms with van der Waals surface area (Å²) in [7, 11) is 0. The summed E-state index contributed by atoms with van der Waals surface area (Å²) in [6.45, 7) is 0. The molecule has 5 heteroatoms. The molecule has 5 heavy (non-hydrogen) atoms. The topological polar surface area (TPSA) is 31.5 Å². The predicted molar refractivity (Wildman–Crippen MR) is 20.1 cm³/mol. The monoisotopic (exact) mass is 228 g/mol. The molecule has 0 aromatic carbocycles. The van der Waals surface area contributed by atoms with E-state index in [0.717, 1.165) is 0 Å². The van der Waals surface area contributed by atoms with E-state index in [-0.39, 0.29) is 67.4 Å². The van der Waals surface area contributed by atoms with Crippen LogP contribution in [0.2, 0.25) is 0 Å². The van der Waals surface area contributed by atoms with Crippen molar-refractivity contribution in [2.24, 2.45) is 0 Å². The van der Waals surface area contributed by atoms with Crippen LogP contribution < -0.4 is 59.1 Å². The minimum absolute atomic E-state index is 0. The van der Waals surface area contributed by atoms with Gasteiger partial charge in [-0.2, -0.15) is 0 Å². The first kappa shape index (κ1) is 24.5. The normalized spacial score (nSPS) is 1.20. The van der Waals surface area contributed by atoms with Crippen molar-refractivity contribution < 1.29 is 67.4 Å². The first-order chi connectivity index (χ1) is 1.00. The Balaban J connectivity index is -0.000000000500. The van der Waals surface area contributed by atoms with Gasteiger partial charge in [0.2, 0.25) is 0 Å². The molecule has 0 aliphatic carbocycles. The second-order valence-electron chi connectivity index (χ2n) is 0. The molecule has 0 saturated carbocycles. The Kier molecular flexibility index (Phi) is 137. The molecular formula is H6Na2OSe2. The van der Waals surface area contributed by atoms with Gasteiger partial charge in [-0.3, -0.25) is 0 Å². The molecule has 0 saturated heterocycles. The molecule has 0 unspecified atom stereocenters. The molecule has 0 rings (SSSR count). The maximum atomic E-state index is 2.25. The van der Waals surface area contributed by atoms with E-state index in [4.69, 9.17) is 0 Å². The Hall–Kier alpha value is 3.00.